The average Bonchev–Trinajstić information content (AvgIpc) is 2.04. The minimum absolute atomic E-state index is 0.0897. The van der Waals surface area contributed by atoms with Gasteiger partial charge in [0.05, 0.1) is 0 Å². The minimum Gasteiger partial charge on any atom is -0.550 e. The van der Waals surface area contributed by atoms with Crippen LogP contribution in [0.5, 0.6) is 0 Å². The largest absolute Gasteiger partial charge is 0.550 e. The van der Waals surface area contributed by atoms with Crippen molar-refractivity contribution in [1.29, 1.82) is 0 Å². The lowest BCUT2D eigenvalue weighted by atomic mass is 9.87. The standard InChI is InChI=1S/C9H14O4/c1-6(10)13-8-4-2-7(3-5-8)9(11)12/h7-8H,2-5H2,1H3,(H,11,12)/p-1. The Morgan fingerprint density at radius 3 is 2.15 bits per heavy atom. The third-order valence-corrected chi connectivity index (χ3v) is 2.34. The molecule has 0 aromatic carbocycles. The van der Waals surface area contributed by atoms with E-state index in [4.69, 9.17) is 4.74 Å². The van der Waals surface area contributed by atoms with Crippen molar-refractivity contribution in [3.05, 3.63) is 0 Å². The normalized spacial score (nSPS) is 28.1. The number of hydrogen-bond acceptors (Lipinski definition) is 4. The van der Waals surface area contributed by atoms with Crippen molar-refractivity contribution >= 4 is 11.9 Å². The summed E-state index contributed by atoms with van der Waals surface area (Å²) in [4.78, 5) is 21.0. The van der Waals surface area contributed by atoms with Crippen molar-refractivity contribution in [2.24, 2.45) is 5.92 Å². The maximum absolute atomic E-state index is 10.6. The summed E-state index contributed by atoms with van der Waals surface area (Å²) in [5, 5.41) is 10.5. The highest BCUT2D eigenvalue weighted by molar-refractivity contribution is 5.68. The van der Waals surface area contributed by atoms with Gasteiger partial charge in [-0.1, -0.05) is 0 Å². The molecule has 0 aromatic heterocycles. The lowest BCUT2D eigenvalue weighted by Crippen LogP contribution is -2.35. The molecule has 0 aromatic rings. The zero-order valence-electron chi connectivity index (χ0n) is 7.62. The third-order valence-electron chi connectivity index (χ3n) is 2.34. The summed E-state index contributed by atoms with van der Waals surface area (Å²) >= 11 is 0. The molecule has 74 valence electrons. The highest BCUT2D eigenvalue weighted by Crippen LogP contribution is 2.25. The van der Waals surface area contributed by atoms with Crippen LogP contribution in [-0.2, 0) is 14.3 Å². The van der Waals surface area contributed by atoms with Gasteiger partial charge < -0.3 is 14.6 Å². The first-order valence-electron chi connectivity index (χ1n) is 4.47. The zero-order chi connectivity index (χ0) is 9.84. The smallest absolute Gasteiger partial charge is 0.302 e. The molecule has 1 saturated carbocycles. The van der Waals surface area contributed by atoms with Gasteiger partial charge in [0.2, 0.25) is 0 Å². The molecule has 1 aliphatic rings. The van der Waals surface area contributed by atoms with Crippen LogP contribution in [0.4, 0.5) is 0 Å². The quantitative estimate of drug-likeness (QED) is 0.561. The number of carboxylic acids is 1. The predicted octanol–water partition coefficient (Wildman–Crippen LogP) is -0.142. The third kappa shape index (κ3) is 3.05. The number of esters is 1. The molecule has 4 nitrogen and oxygen atoms in total. The van der Waals surface area contributed by atoms with Crippen molar-refractivity contribution < 1.29 is 19.4 Å². The van der Waals surface area contributed by atoms with Gasteiger partial charge in [0.1, 0.15) is 6.10 Å². The first kappa shape index (κ1) is 10.0. The number of ether oxygens (including phenoxy) is 1. The van der Waals surface area contributed by atoms with Crippen LogP contribution >= 0.6 is 0 Å². The lowest BCUT2D eigenvalue weighted by Gasteiger charge is -2.28. The molecule has 0 heterocycles. The van der Waals surface area contributed by atoms with E-state index in [0.29, 0.717) is 25.7 Å². The number of rotatable bonds is 2. The molecule has 1 fully saturated rings. The molecule has 0 bridgehead atoms. The average molecular weight is 185 g/mol. The fourth-order valence-corrected chi connectivity index (χ4v) is 1.65. The van der Waals surface area contributed by atoms with E-state index in [1.54, 1.807) is 0 Å². The molecule has 0 atom stereocenters. The highest BCUT2D eigenvalue weighted by Gasteiger charge is 2.23. The Labute approximate surface area is 76.9 Å². The maximum Gasteiger partial charge on any atom is 0.302 e. The van der Waals surface area contributed by atoms with E-state index < -0.39 is 5.97 Å². The van der Waals surface area contributed by atoms with Gasteiger partial charge >= 0.3 is 5.97 Å². The van der Waals surface area contributed by atoms with E-state index >= 15 is 0 Å². The summed E-state index contributed by atoms with van der Waals surface area (Å²) in [5.74, 6) is -1.63. The first-order valence-corrected chi connectivity index (χ1v) is 4.47. The van der Waals surface area contributed by atoms with Crippen LogP contribution in [0, 0.1) is 5.92 Å². The van der Waals surface area contributed by atoms with Gasteiger partial charge in [-0.15, -0.1) is 0 Å². The van der Waals surface area contributed by atoms with Crippen LogP contribution in [0.2, 0.25) is 0 Å². The van der Waals surface area contributed by atoms with Gasteiger partial charge in [0, 0.05) is 12.9 Å². The Morgan fingerprint density at radius 2 is 1.77 bits per heavy atom. The molecule has 13 heavy (non-hydrogen) atoms. The number of aliphatic carboxylic acids is 1. The van der Waals surface area contributed by atoms with Gasteiger partial charge in [0.25, 0.3) is 0 Å². The van der Waals surface area contributed by atoms with Gasteiger partial charge in [-0.2, -0.15) is 0 Å². The molecule has 0 amide bonds. The second-order valence-electron chi connectivity index (χ2n) is 3.40. The Morgan fingerprint density at radius 1 is 1.23 bits per heavy atom. The number of carbonyl (C=O) groups is 2. The summed E-state index contributed by atoms with van der Waals surface area (Å²) in [6, 6.07) is 0. The molecule has 0 spiro atoms. The topological polar surface area (TPSA) is 66.4 Å². The number of carbonyl (C=O) groups excluding carboxylic acids is 2. The summed E-state index contributed by atoms with van der Waals surface area (Å²) in [7, 11) is 0. The van der Waals surface area contributed by atoms with Crippen molar-refractivity contribution in [2.45, 2.75) is 38.7 Å². The summed E-state index contributed by atoms with van der Waals surface area (Å²) in [6.45, 7) is 1.37. The molecular formula is C9H13O4-. The van der Waals surface area contributed by atoms with Gasteiger partial charge in [0.15, 0.2) is 0 Å². The van der Waals surface area contributed by atoms with Gasteiger partial charge in [-0.3, -0.25) is 4.79 Å². The van der Waals surface area contributed by atoms with E-state index in [2.05, 4.69) is 0 Å². The molecule has 0 saturated heterocycles. The van der Waals surface area contributed by atoms with Gasteiger partial charge in [-0.05, 0) is 31.6 Å². The van der Waals surface area contributed by atoms with E-state index in [1.165, 1.54) is 6.92 Å². The van der Waals surface area contributed by atoms with Crippen molar-refractivity contribution in [3.63, 3.8) is 0 Å². The number of carboxylic acid groups (broad SMARTS) is 1. The van der Waals surface area contributed by atoms with E-state index in [9.17, 15) is 14.7 Å². The van der Waals surface area contributed by atoms with Crippen LogP contribution in [-0.4, -0.2) is 18.0 Å². The van der Waals surface area contributed by atoms with E-state index in [0.717, 1.165) is 0 Å². The summed E-state index contributed by atoms with van der Waals surface area (Å²) in [5.41, 5.74) is 0. The van der Waals surface area contributed by atoms with Crippen LogP contribution in [0.1, 0.15) is 32.6 Å². The Kier molecular flexibility index (Phi) is 3.28. The highest BCUT2D eigenvalue weighted by atomic mass is 16.5. The van der Waals surface area contributed by atoms with Crippen LogP contribution in [0.15, 0.2) is 0 Å². The Balaban J connectivity index is 2.30. The van der Waals surface area contributed by atoms with Crippen molar-refractivity contribution in [1.82, 2.24) is 0 Å². The second-order valence-corrected chi connectivity index (χ2v) is 3.40. The zero-order valence-corrected chi connectivity index (χ0v) is 7.62. The second kappa shape index (κ2) is 4.25. The summed E-state index contributed by atoms with van der Waals surface area (Å²) in [6.07, 6.45) is 2.30. The predicted molar refractivity (Wildman–Crippen MR) is 42.5 cm³/mol. The van der Waals surface area contributed by atoms with Crippen LogP contribution in [0.25, 0.3) is 0 Å². The minimum atomic E-state index is -0.985. The first-order chi connectivity index (χ1) is 6.09. The molecular weight excluding hydrogens is 172 g/mol. The Hall–Kier alpha value is -1.06. The molecule has 0 aliphatic heterocycles. The van der Waals surface area contributed by atoms with E-state index in [1.807, 2.05) is 0 Å². The molecule has 1 aliphatic carbocycles. The van der Waals surface area contributed by atoms with Gasteiger partial charge in [-0.25, -0.2) is 0 Å². The van der Waals surface area contributed by atoms with E-state index in [-0.39, 0.29) is 18.0 Å². The molecule has 4 heteroatoms. The molecule has 0 radical (unpaired) electrons. The molecule has 0 unspecified atom stereocenters. The Bertz CT molecular complexity index is 204. The summed E-state index contributed by atoms with van der Waals surface area (Å²) < 4.78 is 4.97. The van der Waals surface area contributed by atoms with Crippen molar-refractivity contribution in [2.75, 3.05) is 0 Å². The van der Waals surface area contributed by atoms with Crippen LogP contribution < -0.4 is 5.11 Å². The molecule has 1 rings (SSSR count). The molecule has 0 N–H and O–H groups in total. The number of hydrogen-bond donors (Lipinski definition) is 0. The van der Waals surface area contributed by atoms with Crippen LogP contribution in [0.3, 0.4) is 0 Å². The fraction of sp³-hybridized carbons (Fsp3) is 0.778. The monoisotopic (exact) mass is 185 g/mol. The lowest BCUT2D eigenvalue weighted by molar-refractivity contribution is -0.312. The van der Waals surface area contributed by atoms with Crippen molar-refractivity contribution in [3.8, 4) is 0 Å². The SMILES string of the molecule is CC(=O)OC1CCC(C(=O)[O-])CC1. The maximum atomic E-state index is 10.6. The fourth-order valence-electron chi connectivity index (χ4n) is 1.65.